The molecule has 3 unspecified atom stereocenters. The van der Waals surface area contributed by atoms with Gasteiger partial charge in [0.15, 0.2) is 5.78 Å². The zero-order chi connectivity index (χ0) is 64.1. The number of hydrogen-bond donors (Lipinski definition) is 10. The van der Waals surface area contributed by atoms with Crippen molar-refractivity contribution in [1.82, 2.24) is 9.55 Å². The van der Waals surface area contributed by atoms with Crippen LogP contribution in [0.25, 0.3) is 16.6 Å². The lowest BCUT2D eigenvalue weighted by atomic mass is 9.77. The van der Waals surface area contributed by atoms with Gasteiger partial charge in [-0.25, -0.2) is 18.7 Å². The molecule has 3 aliphatic rings. The van der Waals surface area contributed by atoms with E-state index in [4.69, 9.17) is 45.6 Å². The highest BCUT2D eigenvalue weighted by Gasteiger charge is 2.44. The molecule has 2 aliphatic carbocycles. The molecule has 0 saturated carbocycles. The molecule has 87 heavy (non-hydrogen) atoms. The van der Waals surface area contributed by atoms with E-state index in [9.17, 15) is 74.2 Å². The van der Waals surface area contributed by atoms with Crippen molar-refractivity contribution in [2.75, 3.05) is 25.2 Å². The Morgan fingerprint density at radius 1 is 0.977 bits per heavy atom. The number of phosphoric acid groups is 3. The molecule has 0 amide bonds. The molecule has 1 aliphatic heterocycles. The number of rotatable bonds is 22. The van der Waals surface area contributed by atoms with Gasteiger partial charge in [0, 0.05) is 77.5 Å². The van der Waals surface area contributed by atoms with Gasteiger partial charge in [0.25, 0.3) is 32.4 Å². The second-order valence-electron chi connectivity index (χ2n) is 20.5. The summed E-state index contributed by atoms with van der Waals surface area (Å²) in [5.41, 5.74) is 10.7. The molecule has 0 spiro atoms. The number of aliphatic hydroxyl groups excluding tert-OH is 1. The van der Waals surface area contributed by atoms with Crippen LogP contribution in [0.2, 0.25) is 0 Å². The maximum Gasteiger partial charge on any atom is 0.490 e. The number of anilines is 2. The first-order valence-corrected chi connectivity index (χ1v) is 32.6. The average molecular weight is 1310 g/mol. The molecule has 31 nitrogen and oxygen atoms in total. The molecular weight excluding hydrogens is 1250 g/mol. The summed E-state index contributed by atoms with van der Waals surface area (Å²) in [6.07, 6.45) is -0.790. The smallest absolute Gasteiger partial charge is 0.490 e. The van der Waals surface area contributed by atoms with Gasteiger partial charge < -0.3 is 59.7 Å². The number of nitro groups is 1. The summed E-state index contributed by atoms with van der Waals surface area (Å²) < 4.78 is 144. The van der Waals surface area contributed by atoms with Gasteiger partial charge in [0.05, 0.1) is 60.0 Å². The van der Waals surface area contributed by atoms with E-state index in [0.29, 0.717) is 10.9 Å². The molecular formula is C51H53N6O25P3S2. The highest BCUT2D eigenvalue weighted by molar-refractivity contribution is 7.91. The molecule has 12 N–H and O–H groups in total. The second kappa shape index (κ2) is 24.8. The van der Waals surface area contributed by atoms with Crippen molar-refractivity contribution in [3.8, 4) is 23.3 Å². The number of carbonyl (C=O) groups is 2. The van der Waals surface area contributed by atoms with Crippen LogP contribution in [0.5, 0.6) is 11.5 Å². The molecule has 3 heterocycles. The summed E-state index contributed by atoms with van der Waals surface area (Å²) in [4.78, 5) is 77.9. The Morgan fingerprint density at radius 2 is 1.68 bits per heavy atom. The first kappa shape index (κ1) is 65.8. The van der Waals surface area contributed by atoms with Crippen molar-refractivity contribution >= 4 is 95.3 Å². The Hall–Kier alpha value is -7.15. The molecule has 0 bridgehead atoms. The minimum absolute atomic E-state index is 0.00706. The Kier molecular flexibility index (Phi) is 18.8. The number of aromatic nitrogens is 2. The Bertz CT molecular complexity index is 4270. The van der Waals surface area contributed by atoms with E-state index in [-0.39, 0.29) is 105 Å². The summed E-state index contributed by atoms with van der Waals surface area (Å²) in [6.45, 7) is 4.11. The van der Waals surface area contributed by atoms with E-state index in [2.05, 4.69) is 30.0 Å². The number of benzene rings is 3. The van der Waals surface area contributed by atoms with Gasteiger partial charge in [0.1, 0.15) is 39.3 Å². The van der Waals surface area contributed by atoms with Crippen LogP contribution in [0, 0.1) is 32.8 Å². The Morgan fingerprint density at radius 3 is 2.31 bits per heavy atom. The summed E-state index contributed by atoms with van der Waals surface area (Å²) in [5, 5.41) is 32.4. The number of phosphoric ester groups is 1. The summed E-state index contributed by atoms with van der Waals surface area (Å²) >= 11 is 0. The zero-order valence-electron chi connectivity index (χ0n) is 45.7. The lowest BCUT2D eigenvalue weighted by Crippen LogP contribution is -2.26. The summed E-state index contributed by atoms with van der Waals surface area (Å²) in [7, 11) is -26.0. The first-order valence-electron chi connectivity index (χ1n) is 25.2. The first-order chi connectivity index (χ1) is 40.4. The van der Waals surface area contributed by atoms with E-state index in [1.165, 1.54) is 78.7 Å². The largest absolute Gasteiger partial charge is 0.495 e. The van der Waals surface area contributed by atoms with Crippen LogP contribution in [0.1, 0.15) is 96.1 Å². The van der Waals surface area contributed by atoms with Crippen LogP contribution in [0.4, 0.5) is 17.1 Å². The van der Waals surface area contributed by atoms with Gasteiger partial charge in [-0.05, 0) is 64.1 Å². The Labute approximate surface area is 493 Å². The molecule has 1 saturated heterocycles. The molecule has 464 valence electrons. The van der Waals surface area contributed by atoms with Gasteiger partial charge in [-0.2, -0.15) is 25.5 Å². The van der Waals surface area contributed by atoms with Crippen LogP contribution in [0.3, 0.4) is 0 Å². The summed E-state index contributed by atoms with van der Waals surface area (Å²) in [6, 6.07) is 10.5. The average Bonchev–Trinajstić information content (AvgIpc) is 1.30. The van der Waals surface area contributed by atoms with Crippen LogP contribution < -0.4 is 20.9 Å². The number of hydrogen-bond acceptors (Lipinski definition) is 23. The number of methoxy groups -OCH3 is 1. The molecule has 1 fully saturated rings. The number of nitrogens with one attached hydrogen (secondary N) is 1. The highest BCUT2D eigenvalue weighted by Crippen LogP contribution is 2.66. The van der Waals surface area contributed by atoms with Crippen molar-refractivity contribution in [3.63, 3.8) is 0 Å². The maximum atomic E-state index is 13.8. The third kappa shape index (κ3) is 14.6. The number of Topliss-reactive ketones (excluding diaryl/α,β-unsaturated/α-hetero) is 1. The molecule has 36 heteroatoms. The highest BCUT2D eigenvalue weighted by atomic mass is 32.2. The predicted molar refractivity (Wildman–Crippen MR) is 305 cm³/mol. The van der Waals surface area contributed by atoms with E-state index >= 15 is 0 Å². The van der Waals surface area contributed by atoms with Gasteiger partial charge in [0.2, 0.25) is 0 Å². The molecule has 0 radical (unpaired) electrons. The number of nitrogens with zero attached hydrogens (tertiary/aromatic N) is 3. The number of nitro benzene ring substituents is 1. The van der Waals surface area contributed by atoms with Crippen LogP contribution in [0.15, 0.2) is 94.0 Å². The van der Waals surface area contributed by atoms with Gasteiger partial charge in [-0.1, -0.05) is 50.8 Å². The number of ether oxygens (including phenoxy) is 4. The minimum atomic E-state index is -5.84. The molecule has 6 atom stereocenters. The fourth-order valence-electron chi connectivity index (χ4n) is 10.2. The number of nitrogens with two attached hydrogens (primary N) is 2. The number of aliphatic hydroxyl groups is 1. The number of pyridine rings is 1. The lowest BCUT2D eigenvalue weighted by molar-refractivity contribution is -0.386. The fraction of sp³-hybridized carbons (Fsp3) is 0.294. The van der Waals surface area contributed by atoms with E-state index < -0.39 is 124 Å². The standard InChI is InChI=1S/C51H53N6O25P3S2/c1-51(2,3)49(77-23-28-22-56(50-45(28)35(52)15-16-55-50)44-21-40(60)43(80-44)24-79-84(66,67)82-85(68,69)81-83(63,64)65)34-20-41(76-4)27(17-38(34)57(61)62)7-5-6-8-39(59)26-9-10-31(42(18-26)78-25-58)46-29-11-13-36(53)47(86(70,71)72)32(29)19-33-30(46)12-14-37(54)48(33)87(73,74)75/h9-18,20,22,25,40,43-44,49,53,60H,6,8,19,21,23-24,54H2,1-4H3,(H2,52,55)(H,66,67)(H,68,69)(H2,63,64,65)(H,70,71,72)(H,73,74,75)/t40?,43-,44-,49-/m1/s1. The van der Waals surface area contributed by atoms with Crippen LogP contribution in [-0.4, -0.2) is 109 Å². The van der Waals surface area contributed by atoms with Crippen molar-refractivity contribution in [1.29, 1.82) is 5.41 Å². The summed E-state index contributed by atoms with van der Waals surface area (Å²) in [5.74, 6) is 4.92. The van der Waals surface area contributed by atoms with Crippen LogP contribution >= 0.6 is 23.5 Å². The second-order valence-corrected chi connectivity index (χ2v) is 27.7. The quantitative estimate of drug-likeness (QED) is 0.00531. The van der Waals surface area contributed by atoms with E-state index in [0.717, 1.165) is 6.08 Å². The van der Waals surface area contributed by atoms with Crippen molar-refractivity contribution in [2.24, 2.45) is 5.41 Å². The maximum absolute atomic E-state index is 13.8. The molecule has 5 aromatic rings. The number of ketones is 1. The molecule has 8 rings (SSSR count). The number of fused-ring (bicyclic) bond motifs is 3. The van der Waals surface area contributed by atoms with Gasteiger partial charge in [-0.3, -0.25) is 38.7 Å². The molecule has 3 aromatic carbocycles. The predicted octanol–water partition coefficient (Wildman–Crippen LogP) is 6.30. The SMILES string of the molecule is COc1cc([C@@H](OCc2cn([C@H]3CC(O)[C@@H](COP(=O)(O)OP(=O)(O)OP(=O)(O)O)O3)c3nccc(N)c23)C(C)(C)C)c([N+](=O)[O-])cc1C#CCCC(=O)c1ccc(C2=C3C=CC(=N)C(S(=O)(=O)O)=C3Cc3c2ccc(N)c3S(=O)(=O)O)c(OC=O)c1. The van der Waals surface area contributed by atoms with Gasteiger partial charge in [-0.15, -0.1) is 0 Å². The van der Waals surface area contributed by atoms with Crippen molar-refractivity contribution in [2.45, 2.75) is 82.5 Å². The number of nitrogen functional groups attached to an aromatic ring is 2. The van der Waals surface area contributed by atoms with E-state index in [1.807, 2.05) is 0 Å². The lowest BCUT2D eigenvalue weighted by Gasteiger charge is -2.31. The number of allylic oxidation sites excluding steroid dienone is 5. The normalized spacial score (nSPS) is 18.9. The minimum Gasteiger partial charge on any atom is -0.495 e. The fourth-order valence-corrected chi connectivity index (χ4v) is 14.9. The molecule has 2 aromatic heterocycles. The third-order valence-electron chi connectivity index (χ3n) is 13.6. The third-order valence-corrected chi connectivity index (χ3v) is 19.4. The van der Waals surface area contributed by atoms with Crippen molar-refractivity contribution in [3.05, 3.63) is 138 Å². The monoisotopic (exact) mass is 1310 g/mol. The van der Waals surface area contributed by atoms with E-state index in [1.54, 1.807) is 20.8 Å². The van der Waals surface area contributed by atoms with Crippen LogP contribution in [-0.2, 0) is 74.4 Å². The number of carbonyl (C=O) groups excluding carboxylic acids is 2. The van der Waals surface area contributed by atoms with Gasteiger partial charge >= 0.3 is 23.5 Å². The van der Waals surface area contributed by atoms with Crippen molar-refractivity contribution < 1.29 is 111 Å². The Balaban J connectivity index is 1.03. The topological polar surface area (TPSA) is 497 Å². The zero-order valence-corrected chi connectivity index (χ0v) is 50.0.